The molecule has 0 unspecified atom stereocenters. The number of hydrogen-bond acceptors (Lipinski definition) is 4. The molecule has 1 aromatic heterocycles. The maximum atomic E-state index is 12.0. The first kappa shape index (κ1) is 13.1. The van der Waals surface area contributed by atoms with Crippen molar-refractivity contribution in [3.63, 3.8) is 0 Å². The molecule has 0 aliphatic heterocycles. The van der Waals surface area contributed by atoms with Crippen LogP contribution in [0.25, 0.3) is 0 Å². The van der Waals surface area contributed by atoms with E-state index in [1.165, 1.54) is 0 Å². The Morgan fingerprint density at radius 1 is 1.37 bits per heavy atom. The van der Waals surface area contributed by atoms with Crippen LogP contribution < -0.4 is 11.1 Å². The number of benzene rings is 1. The van der Waals surface area contributed by atoms with Gasteiger partial charge in [0.1, 0.15) is 5.76 Å². The Morgan fingerprint density at radius 2 is 2.11 bits per heavy atom. The molecule has 1 amide bonds. The Labute approximate surface area is 111 Å². The summed E-state index contributed by atoms with van der Waals surface area (Å²) in [5.41, 5.74) is 8.54. The first-order valence-corrected chi connectivity index (χ1v) is 6.04. The fraction of sp³-hybridized carbons (Fsp3) is 0.286. The first-order chi connectivity index (χ1) is 8.97. The van der Waals surface area contributed by atoms with Gasteiger partial charge >= 0.3 is 0 Å². The fourth-order valence-corrected chi connectivity index (χ4v) is 1.75. The number of nitrogens with one attached hydrogen (secondary N) is 1. The minimum absolute atomic E-state index is 0.182. The lowest BCUT2D eigenvalue weighted by Gasteiger charge is -2.07. The van der Waals surface area contributed by atoms with Crippen molar-refractivity contribution >= 4 is 11.6 Å². The molecule has 0 saturated carbocycles. The maximum Gasteiger partial charge on any atom is 0.252 e. The van der Waals surface area contributed by atoms with E-state index in [4.69, 9.17) is 10.2 Å². The van der Waals surface area contributed by atoms with Crippen molar-refractivity contribution < 1.29 is 9.21 Å². The molecule has 1 aromatic carbocycles. The molecule has 0 aliphatic carbocycles. The van der Waals surface area contributed by atoms with Gasteiger partial charge in [0.05, 0.1) is 12.2 Å². The van der Waals surface area contributed by atoms with E-state index in [0.717, 1.165) is 17.0 Å². The molecular formula is C14H17N3O2. The molecule has 2 rings (SSSR count). The van der Waals surface area contributed by atoms with Gasteiger partial charge in [-0.15, -0.1) is 0 Å². The Morgan fingerprint density at radius 3 is 2.74 bits per heavy atom. The highest BCUT2D eigenvalue weighted by Gasteiger charge is 2.11. The van der Waals surface area contributed by atoms with E-state index in [2.05, 4.69) is 10.3 Å². The molecule has 0 spiro atoms. The average molecular weight is 259 g/mol. The summed E-state index contributed by atoms with van der Waals surface area (Å²) in [4.78, 5) is 16.3. The van der Waals surface area contributed by atoms with Crippen LogP contribution >= 0.6 is 0 Å². The van der Waals surface area contributed by atoms with Gasteiger partial charge in [-0.3, -0.25) is 4.79 Å². The van der Waals surface area contributed by atoms with Gasteiger partial charge in [0.2, 0.25) is 5.89 Å². The van der Waals surface area contributed by atoms with Crippen LogP contribution in [0.1, 0.15) is 33.3 Å². The van der Waals surface area contributed by atoms with Crippen molar-refractivity contribution in [3.05, 3.63) is 46.7 Å². The van der Waals surface area contributed by atoms with Gasteiger partial charge in [-0.25, -0.2) is 4.98 Å². The van der Waals surface area contributed by atoms with Crippen LogP contribution in [0.3, 0.4) is 0 Å². The predicted octanol–water partition coefficient (Wildman–Crippen LogP) is 2.11. The lowest BCUT2D eigenvalue weighted by atomic mass is 10.1. The van der Waals surface area contributed by atoms with Crippen LogP contribution in [0, 0.1) is 20.8 Å². The standard InChI is InChI=1S/C14H17N3O2/c1-8-4-5-11(15)6-12(8)14(18)16-7-13-17-9(2)10(3)19-13/h4-6H,7,15H2,1-3H3,(H,16,18). The van der Waals surface area contributed by atoms with E-state index in [1.807, 2.05) is 26.8 Å². The SMILES string of the molecule is Cc1ccc(N)cc1C(=O)NCc1nc(C)c(C)o1. The normalized spacial score (nSPS) is 10.5. The highest BCUT2D eigenvalue weighted by atomic mass is 16.4. The van der Waals surface area contributed by atoms with Gasteiger partial charge in [0.15, 0.2) is 0 Å². The molecule has 19 heavy (non-hydrogen) atoms. The van der Waals surface area contributed by atoms with E-state index in [1.54, 1.807) is 12.1 Å². The largest absolute Gasteiger partial charge is 0.444 e. The first-order valence-electron chi connectivity index (χ1n) is 6.04. The Balaban J connectivity index is 2.07. The monoisotopic (exact) mass is 259 g/mol. The number of nitrogen functional groups attached to an aromatic ring is 1. The molecule has 0 aliphatic rings. The smallest absolute Gasteiger partial charge is 0.252 e. The summed E-state index contributed by atoms with van der Waals surface area (Å²) in [6, 6.07) is 5.26. The minimum Gasteiger partial charge on any atom is -0.444 e. The lowest BCUT2D eigenvalue weighted by molar-refractivity contribution is 0.0946. The molecule has 100 valence electrons. The van der Waals surface area contributed by atoms with Crippen LogP contribution in [0.4, 0.5) is 5.69 Å². The Kier molecular flexibility index (Phi) is 3.55. The molecule has 5 heteroatoms. The molecule has 1 heterocycles. The zero-order chi connectivity index (χ0) is 14.0. The van der Waals surface area contributed by atoms with Crippen molar-refractivity contribution in [1.29, 1.82) is 0 Å². The number of hydrogen-bond donors (Lipinski definition) is 2. The van der Waals surface area contributed by atoms with Gasteiger partial charge in [-0.1, -0.05) is 6.07 Å². The number of carbonyl (C=O) groups is 1. The van der Waals surface area contributed by atoms with Gasteiger partial charge in [0, 0.05) is 11.3 Å². The number of aryl methyl sites for hydroxylation is 3. The number of oxazole rings is 1. The van der Waals surface area contributed by atoms with Crippen LogP contribution in [0.15, 0.2) is 22.6 Å². The van der Waals surface area contributed by atoms with E-state index < -0.39 is 0 Å². The molecule has 0 saturated heterocycles. The Bertz CT molecular complexity index is 598. The van der Waals surface area contributed by atoms with E-state index >= 15 is 0 Å². The molecule has 0 atom stereocenters. The highest BCUT2D eigenvalue weighted by Crippen LogP contribution is 2.13. The molecule has 2 aromatic rings. The summed E-state index contributed by atoms with van der Waals surface area (Å²) in [7, 11) is 0. The number of aromatic nitrogens is 1. The van der Waals surface area contributed by atoms with Crippen LogP contribution in [0.5, 0.6) is 0 Å². The van der Waals surface area contributed by atoms with Crippen molar-refractivity contribution in [2.75, 3.05) is 5.73 Å². The molecule has 5 nitrogen and oxygen atoms in total. The summed E-state index contributed by atoms with van der Waals surface area (Å²) in [6.45, 7) is 5.84. The van der Waals surface area contributed by atoms with Crippen molar-refractivity contribution in [2.24, 2.45) is 0 Å². The second-order valence-electron chi connectivity index (χ2n) is 4.51. The highest BCUT2D eigenvalue weighted by molar-refractivity contribution is 5.96. The summed E-state index contributed by atoms with van der Waals surface area (Å²) in [5.74, 6) is 1.09. The zero-order valence-electron chi connectivity index (χ0n) is 11.3. The van der Waals surface area contributed by atoms with Crippen molar-refractivity contribution in [3.8, 4) is 0 Å². The van der Waals surface area contributed by atoms with Gasteiger partial charge in [0.25, 0.3) is 5.91 Å². The second kappa shape index (κ2) is 5.14. The second-order valence-corrected chi connectivity index (χ2v) is 4.51. The molecule has 0 radical (unpaired) electrons. The minimum atomic E-state index is -0.182. The Hall–Kier alpha value is -2.30. The number of rotatable bonds is 3. The van der Waals surface area contributed by atoms with E-state index in [9.17, 15) is 4.79 Å². The fourth-order valence-electron chi connectivity index (χ4n) is 1.75. The van der Waals surface area contributed by atoms with Gasteiger partial charge in [-0.05, 0) is 38.5 Å². The average Bonchev–Trinajstić information content (AvgIpc) is 2.69. The third-order valence-corrected chi connectivity index (χ3v) is 2.98. The summed E-state index contributed by atoms with van der Waals surface area (Å²) in [6.07, 6.45) is 0. The summed E-state index contributed by atoms with van der Waals surface area (Å²) >= 11 is 0. The molecule has 0 bridgehead atoms. The molecular weight excluding hydrogens is 242 g/mol. The topological polar surface area (TPSA) is 81.2 Å². The number of nitrogens with two attached hydrogens (primary N) is 1. The quantitative estimate of drug-likeness (QED) is 0.827. The summed E-state index contributed by atoms with van der Waals surface area (Å²) in [5, 5.41) is 2.77. The van der Waals surface area contributed by atoms with Crippen LogP contribution in [-0.2, 0) is 6.54 Å². The molecule has 0 fully saturated rings. The lowest BCUT2D eigenvalue weighted by Crippen LogP contribution is -2.23. The van der Waals surface area contributed by atoms with Gasteiger partial charge in [-0.2, -0.15) is 0 Å². The number of carbonyl (C=O) groups excluding carboxylic acids is 1. The van der Waals surface area contributed by atoms with Crippen LogP contribution in [0.2, 0.25) is 0 Å². The number of nitrogens with zero attached hydrogens (tertiary/aromatic N) is 1. The van der Waals surface area contributed by atoms with E-state index in [-0.39, 0.29) is 12.5 Å². The third-order valence-electron chi connectivity index (χ3n) is 2.98. The number of anilines is 1. The number of amides is 1. The molecule has 3 N–H and O–H groups in total. The maximum absolute atomic E-state index is 12.0. The third kappa shape index (κ3) is 2.93. The van der Waals surface area contributed by atoms with Crippen molar-refractivity contribution in [2.45, 2.75) is 27.3 Å². The van der Waals surface area contributed by atoms with Crippen molar-refractivity contribution in [1.82, 2.24) is 10.3 Å². The predicted molar refractivity (Wildman–Crippen MR) is 72.7 cm³/mol. The van der Waals surface area contributed by atoms with E-state index in [0.29, 0.717) is 17.1 Å². The van der Waals surface area contributed by atoms with Gasteiger partial charge < -0.3 is 15.5 Å². The summed E-state index contributed by atoms with van der Waals surface area (Å²) < 4.78 is 5.40. The van der Waals surface area contributed by atoms with Crippen LogP contribution in [-0.4, -0.2) is 10.9 Å². The zero-order valence-corrected chi connectivity index (χ0v) is 11.3.